The Hall–Kier alpha value is -3.32. The molecule has 2 fully saturated rings. The predicted octanol–water partition coefficient (Wildman–Crippen LogP) is 5.00. The second kappa shape index (κ2) is 7.59. The van der Waals surface area contributed by atoms with Crippen LogP contribution in [0.3, 0.4) is 0 Å². The summed E-state index contributed by atoms with van der Waals surface area (Å²) in [5, 5.41) is 0.365. The Bertz CT molecular complexity index is 1430. The van der Waals surface area contributed by atoms with Crippen molar-refractivity contribution in [3.8, 4) is 0 Å². The average molecular weight is 506 g/mol. The number of carbonyl (C=O) groups is 4. The van der Waals surface area contributed by atoms with Gasteiger partial charge in [-0.3, -0.25) is 19.2 Å². The van der Waals surface area contributed by atoms with E-state index in [9.17, 15) is 19.2 Å². The van der Waals surface area contributed by atoms with Crippen molar-refractivity contribution in [2.24, 2.45) is 11.8 Å². The second-order valence-corrected chi connectivity index (χ2v) is 9.76. The van der Waals surface area contributed by atoms with Crippen molar-refractivity contribution in [3.05, 3.63) is 99.0 Å². The number of amides is 2. The topological polar surface area (TPSA) is 80.8 Å². The molecule has 35 heavy (non-hydrogen) atoms. The summed E-state index contributed by atoms with van der Waals surface area (Å²) in [7, 11) is 0. The van der Waals surface area contributed by atoms with Crippen LogP contribution in [-0.4, -0.2) is 29.0 Å². The number of anilines is 1. The number of ketones is 2. The van der Waals surface area contributed by atoms with E-state index in [1.807, 2.05) is 6.92 Å². The fourth-order valence-corrected chi connectivity index (χ4v) is 5.90. The van der Waals surface area contributed by atoms with Crippen molar-refractivity contribution in [1.82, 2.24) is 0 Å². The van der Waals surface area contributed by atoms with Crippen molar-refractivity contribution >= 4 is 52.3 Å². The lowest BCUT2D eigenvalue weighted by Gasteiger charge is -2.27. The quantitative estimate of drug-likeness (QED) is 0.361. The molecule has 6 nitrogen and oxygen atoms in total. The van der Waals surface area contributed by atoms with Crippen LogP contribution in [0.5, 0.6) is 0 Å². The zero-order valence-corrected chi connectivity index (χ0v) is 19.8. The van der Waals surface area contributed by atoms with Crippen LogP contribution in [0.4, 0.5) is 5.69 Å². The lowest BCUT2D eigenvalue weighted by molar-refractivity contribution is -0.127. The highest BCUT2D eigenvalue weighted by Crippen LogP contribution is 2.58. The number of hydrogen-bond acceptors (Lipinski definition) is 5. The van der Waals surface area contributed by atoms with Crippen molar-refractivity contribution in [1.29, 1.82) is 0 Å². The minimum absolute atomic E-state index is 0.138. The van der Waals surface area contributed by atoms with E-state index in [1.165, 1.54) is 12.1 Å². The number of imide groups is 1. The second-order valence-electron chi connectivity index (χ2n) is 8.97. The smallest absolute Gasteiger partial charge is 0.241 e. The van der Waals surface area contributed by atoms with E-state index >= 15 is 0 Å². The van der Waals surface area contributed by atoms with Gasteiger partial charge in [0.05, 0.1) is 33.7 Å². The number of Topliss-reactive ketones (excluding diaryl/α,β-unsaturated/α-hetero) is 2. The zero-order chi connectivity index (χ0) is 24.6. The van der Waals surface area contributed by atoms with Gasteiger partial charge in [0.2, 0.25) is 29.0 Å². The van der Waals surface area contributed by atoms with Crippen molar-refractivity contribution in [3.63, 3.8) is 0 Å². The number of hydrogen-bond donors (Lipinski definition) is 0. The molecule has 3 aromatic carbocycles. The van der Waals surface area contributed by atoms with Crippen LogP contribution < -0.4 is 4.90 Å². The summed E-state index contributed by atoms with van der Waals surface area (Å²) in [5.74, 6) is -4.94. The van der Waals surface area contributed by atoms with Crippen LogP contribution >= 0.6 is 23.2 Å². The largest absolute Gasteiger partial charge is 0.349 e. The lowest BCUT2D eigenvalue weighted by atomic mass is 9.77. The molecule has 1 aliphatic carbocycles. The van der Waals surface area contributed by atoms with Crippen molar-refractivity contribution in [2.75, 3.05) is 4.90 Å². The number of halogens is 2. The first-order chi connectivity index (χ1) is 16.8. The van der Waals surface area contributed by atoms with Gasteiger partial charge in [0, 0.05) is 16.7 Å². The lowest BCUT2D eigenvalue weighted by Crippen LogP contribution is -2.51. The first kappa shape index (κ1) is 22.2. The third kappa shape index (κ3) is 2.82. The molecule has 0 radical (unpaired) electrons. The highest BCUT2D eigenvalue weighted by molar-refractivity contribution is 6.42. The molecule has 1 spiro atoms. The van der Waals surface area contributed by atoms with E-state index in [-0.39, 0.29) is 21.2 Å². The van der Waals surface area contributed by atoms with Crippen LogP contribution in [0.1, 0.15) is 37.9 Å². The van der Waals surface area contributed by atoms with Gasteiger partial charge in [-0.25, -0.2) is 4.90 Å². The van der Waals surface area contributed by atoms with Crippen molar-refractivity contribution < 1.29 is 23.9 Å². The van der Waals surface area contributed by atoms with Crippen LogP contribution in [0.2, 0.25) is 10.0 Å². The predicted molar refractivity (Wildman–Crippen MR) is 129 cm³/mol. The summed E-state index contributed by atoms with van der Waals surface area (Å²) < 4.78 is 6.24. The molecule has 6 rings (SSSR count). The first-order valence-electron chi connectivity index (χ1n) is 11.0. The summed E-state index contributed by atoms with van der Waals surface area (Å²) in [6, 6.07) is 18.1. The summed E-state index contributed by atoms with van der Waals surface area (Å²) in [4.78, 5) is 56.3. The van der Waals surface area contributed by atoms with Gasteiger partial charge in [-0.1, -0.05) is 77.3 Å². The normalized spacial score (nSPS) is 24.4. The molecule has 174 valence electrons. The van der Waals surface area contributed by atoms with Crippen LogP contribution in [-0.2, 0) is 14.3 Å². The molecule has 3 atom stereocenters. The van der Waals surface area contributed by atoms with Gasteiger partial charge >= 0.3 is 0 Å². The van der Waals surface area contributed by atoms with Crippen molar-refractivity contribution in [2.45, 2.75) is 18.6 Å². The number of aryl methyl sites for hydroxylation is 1. The Morgan fingerprint density at radius 1 is 0.800 bits per heavy atom. The van der Waals surface area contributed by atoms with Crippen LogP contribution in [0.15, 0.2) is 66.7 Å². The summed E-state index contributed by atoms with van der Waals surface area (Å²) in [5.41, 5.74) is -0.160. The molecular weight excluding hydrogens is 489 g/mol. The number of carbonyl (C=O) groups excluding carboxylic acids is 4. The maximum absolute atomic E-state index is 13.9. The van der Waals surface area contributed by atoms with Gasteiger partial charge in [-0.2, -0.15) is 0 Å². The van der Waals surface area contributed by atoms with Gasteiger partial charge in [0.25, 0.3) is 0 Å². The summed E-state index contributed by atoms with van der Waals surface area (Å²) >= 11 is 12.7. The number of fused-ring (bicyclic) bond motifs is 3. The maximum Gasteiger partial charge on any atom is 0.241 e. The number of benzene rings is 3. The molecule has 2 heterocycles. The van der Waals surface area contributed by atoms with E-state index in [1.54, 1.807) is 54.6 Å². The molecule has 0 unspecified atom stereocenters. The highest BCUT2D eigenvalue weighted by Gasteiger charge is 2.74. The fourth-order valence-electron chi connectivity index (χ4n) is 5.49. The molecule has 2 saturated heterocycles. The van der Waals surface area contributed by atoms with E-state index < -0.39 is 46.9 Å². The van der Waals surface area contributed by atoms with Gasteiger partial charge in [-0.05, 0) is 25.1 Å². The Kier molecular flexibility index (Phi) is 4.81. The van der Waals surface area contributed by atoms with Crippen LogP contribution in [0.25, 0.3) is 0 Å². The monoisotopic (exact) mass is 505 g/mol. The third-order valence-corrected chi connectivity index (χ3v) is 7.93. The Labute approximate surface area is 210 Å². The molecule has 3 aliphatic rings. The molecular formula is C27H17Cl2NO5. The number of rotatable bonds is 2. The molecule has 3 aromatic rings. The van der Waals surface area contributed by atoms with Gasteiger partial charge < -0.3 is 4.74 Å². The van der Waals surface area contributed by atoms with Gasteiger partial charge in [0.15, 0.2) is 0 Å². The molecule has 0 bridgehead atoms. The fraction of sp³-hybridized carbons (Fsp3) is 0.185. The third-order valence-electron chi connectivity index (χ3n) is 7.10. The Balaban J connectivity index is 1.57. The first-order valence-corrected chi connectivity index (χ1v) is 11.8. The van der Waals surface area contributed by atoms with E-state index in [4.69, 9.17) is 27.9 Å². The van der Waals surface area contributed by atoms with E-state index in [0.29, 0.717) is 11.3 Å². The van der Waals surface area contributed by atoms with E-state index in [0.717, 1.165) is 10.5 Å². The molecule has 2 amide bonds. The molecule has 0 N–H and O–H groups in total. The highest BCUT2D eigenvalue weighted by atomic mass is 35.5. The minimum Gasteiger partial charge on any atom is -0.349 e. The molecule has 2 aliphatic heterocycles. The van der Waals surface area contributed by atoms with Crippen LogP contribution in [0, 0.1) is 18.8 Å². The van der Waals surface area contributed by atoms with Gasteiger partial charge in [-0.15, -0.1) is 0 Å². The van der Waals surface area contributed by atoms with E-state index in [2.05, 4.69) is 0 Å². The standard InChI is InChI=1S/C27H17Cl2NO5/c1-13-9-11-14(12-10-13)30-25(33)19-20(26(30)34)27(23(31)15-5-2-3-6-16(15)24(27)32)35-22(19)17-7-4-8-18(28)21(17)29/h2-12,19-20,22H,1H3/t19-,20-,22-/m1/s1. The van der Waals surface area contributed by atoms with Gasteiger partial charge in [0.1, 0.15) is 0 Å². The Morgan fingerprint density at radius 3 is 2.06 bits per heavy atom. The molecule has 0 saturated carbocycles. The average Bonchev–Trinajstić information content (AvgIpc) is 3.42. The molecule has 0 aromatic heterocycles. The SMILES string of the molecule is Cc1ccc(N2C(=O)[C@H]3[C@@H](c4cccc(Cl)c4Cl)OC4(C(=O)c5ccccc5C4=O)[C@H]3C2=O)cc1. The zero-order valence-electron chi connectivity index (χ0n) is 18.3. The number of ether oxygens (including phenoxy) is 1. The maximum atomic E-state index is 13.9. The summed E-state index contributed by atoms with van der Waals surface area (Å²) in [6.07, 6.45) is -1.12. The summed E-state index contributed by atoms with van der Waals surface area (Å²) in [6.45, 7) is 1.89. The molecule has 8 heteroatoms. The Morgan fingerprint density at radius 2 is 1.43 bits per heavy atom. The minimum atomic E-state index is -2.16. The number of nitrogens with zero attached hydrogens (tertiary/aromatic N) is 1.